The van der Waals surface area contributed by atoms with Crippen LogP contribution in [0.25, 0.3) is 22.6 Å². The van der Waals surface area contributed by atoms with Gasteiger partial charge in [-0.1, -0.05) is 18.9 Å². The number of ether oxygens (including phenoxy) is 1. The van der Waals surface area contributed by atoms with Crippen molar-refractivity contribution in [3.8, 4) is 34.2 Å². The molecule has 2 fully saturated rings. The maximum absolute atomic E-state index is 14.8. The second kappa shape index (κ2) is 7.83. The highest BCUT2D eigenvalue weighted by atomic mass is 19.1. The molecule has 0 aliphatic heterocycles. The van der Waals surface area contributed by atoms with Gasteiger partial charge in [-0.2, -0.15) is 0 Å². The summed E-state index contributed by atoms with van der Waals surface area (Å²) in [7, 11) is 1.59. The van der Waals surface area contributed by atoms with Crippen molar-refractivity contribution in [2.75, 3.05) is 0 Å². The van der Waals surface area contributed by atoms with Crippen molar-refractivity contribution in [3.63, 3.8) is 0 Å². The van der Waals surface area contributed by atoms with Crippen molar-refractivity contribution in [1.29, 1.82) is 0 Å². The summed E-state index contributed by atoms with van der Waals surface area (Å²) in [5.41, 5.74) is 1.52. The summed E-state index contributed by atoms with van der Waals surface area (Å²) < 4.78 is 27.1. The Hall–Kier alpha value is -3.16. The van der Waals surface area contributed by atoms with Gasteiger partial charge in [0.05, 0.1) is 11.9 Å². The molecule has 2 bridgehead atoms. The molecule has 0 unspecified atom stereocenters. The van der Waals surface area contributed by atoms with Crippen LogP contribution in [0.5, 0.6) is 11.6 Å². The molecule has 0 spiro atoms. The Balaban J connectivity index is 1.32. The number of aromatic hydroxyl groups is 1. The molecule has 2 heterocycles. The van der Waals surface area contributed by atoms with Crippen LogP contribution in [0.3, 0.4) is 0 Å². The van der Waals surface area contributed by atoms with E-state index < -0.39 is 18.0 Å². The van der Waals surface area contributed by atoms with E-state index in [-0.39, 0.29) is 11.7 Å². The van der Waals surface area contributed by atoms with Gasteiger partial charge in [0, 0.05) is 24.2 Å². The number of benzene rings is 1. The van der Waals surface area contributed by atoms with Crippen LogP contribution >= 0.6 is 0 Å². The van der Waals surface area contributed by atoms with Gasteiger partial charge in [0.25, 0.3) is 0 Å². The van der Waals surface area contributed by atoms with Crippen molar-refractivity contribution in [2.45, 2.75) is 44.4 Å². The van der Waals surface area contributed by atoms with Gasteiger partial charge in [0.1, 0.15) is 18.0 Å². The number of phenolic OH excluding ortho intramolecular Hbond substituents is 1. The number of rotatable bonds is 4. The Bertz CT molecular complexity index is 1140. The molecule has 31 heavy (non-hydrogen) atoms. The minimum absolute atomic E-state index is 0.0177. The highest BCUT2D eigenvalue weighted by Gasteiger charge is 2.41. The van der Waals surface area contributed by atoms with E-state index in [0.29, 0.717) is 34.4 Å². The van der Waals surface area contributed by atoms with Crippen LogP contribution in [0, 0.1) is 11.8 Å². The fourth-order valence-electron chi connectivity index (χ4n) is 4.85. The number of hydrogen-bond donors (Lipinski definition) is 1. The van der Waals surface area contributed by atoms with E-state index in [0.717, 1.165) is 32.1 Å². The summed E-state index contributed by atoms with van der Waals surface area (Å²) in [4.78, 5) is 11.5. The lowest BCUT2D eigenvalue weighted by atomic mass is 9.70. The van der Waals surface area contributed by atoms with Gasteiger partial charge in [0.2, 0.25) is 5.88 Å². The lowest BCUT2D eigenvalue weighted by Gasteiger charge is -2.41. The second-order valence-electron chi connectivity index (χ2n) is 8.59. The lowest BCUT2D eigenvalue weighted by molar-refractivity contribution is -0.0216. The third-order valence-corrected chi connectivity index (χ3v) is 6.46. The monoisotopic (exact) mass is 425 g/mol. The topological polar surface area (TPSA) is 90.4 Å². The average molecular weight is 425 g/mol. The zero-order chi connectivity index (χ0) is 21.5. The molecule has 2 aliphatic rings. The third-order valence-electron chi connectivity index (χ3n) is 6.46. The Morgan fingerprint density at radius 2 is 2.06 bits per heavy atom. The van der Waals surface area contributed by atoms with Gasteiger partial charge in [-0.25, -0.2) is 9.18 Å². The van der Waals surface area contributed by atoms with Crippen molar-refractivity contribution >= 4 is 0 Å². The normalized spacial score (nSPS) is 25.4. The smallest absolute Gasteiger partial charge is 0.419 e. The maximum Gasteiger partial charge on any atom is 0.419 e. The van der Waals surface area contributed by atoms with Crippen molar-refractivity contribution in [2.24, 2.45) is 18.9 Å². The molecule has 1 N–H and O–H groups in total. The number of fused-ring (bicyclic) bond motifs is 2. The first-order chi connectivity index (χ1) is 15.0. The maximum atomic E-state index is 14.8. The highest BCUT2D eigenvalue weighted by molar-refractivity contribution is 5.72. The lowest BCUT2D eigenvalue weighted by Crippen LogP contribution is -2.43. The van der Waals surface area contributed by atoms with Crippen LogP contribution < -0.4 is 10.5 Å². The quantitative estimate of drug-likeness (QED) is 0.677. The predicted octanol–water partition coefficient (Wildman–Crippen LogP) is 4.10. The number of nitrogens with zero attached hydrogens (tertiary/aromatic N) is 3. The van der Waals surface area contributed by atoms with E-state index in [9.17, 15) is 14.3 Å². The highest BCUT2D eigenvalue weighted by Crippen LogP contribution is 2.42. The average Bonchev–Trinajstić information content (AvgIpc) is 3.11. The van der Waals surface area contributed by atoms with E-state index in [1.807, 2.05) is 0 Å². The standard InChI is InChI=1S/C23H24FN3O4/c1-27-12-20(31-23(27)29)14-5-6-16(18(28)11-14)17-7-8-21(26-25-17)30-19-10-13-3-2-4-15(9-13)22(19)24/h5-8,11-13,15,19,22,28H,2-4,9-10H2,1H3/t13-,15+,19+,22-/m1/s1. The van der Waals surface area contributed by atoms with Crippen molar-refractivity contribution in [1.82, 2.24) is 14.8 Å². The van der Waals surface area contributed by atoms with Crippen LogP contribution in [0.1, 0.15) is 32.1 Å². The number of alkyl halides is 1. The number of aromatic nitrogens is 3. The van der Waals surface area contributed by atoms with E-state index in [4.69, 9.17) is 9.15 Å². The zero-order valence-corrected chi connectivity index (χ0v) is 17.2. The molecule has 8 heteroatoms. The van der Waals surface area contributed by atoms with E-state index in [1.54, 1.807) is 37.5 Å². The summed E-state index contributed by atoms with van der Waals surface area (Å²) in [6, 6.07) is 8.27. The minimum Gasteiger partial charge on any atom is -0.507 e. The summed E-state index contributed by atoms with van der Waals surface area (Å²) in [6.07, 6.45) is 4.99. The number of oxazole rings is 1. The minimum atomic E-state index is -0.965. The molecule has 0 radical (unpaired) electrons. The number of aryl methyl sites for hydroxylation is 1. The summed E-state index contributed by atoms with van der Waals surface area (Å²) in [5, 5.41) is 18.7. The molecule has 0 saturated heterocycles. The van der Waals surface area contributed by atoms with Gasteiger partial charge < -0.3 is 14.3 Å². The second-order valence-corrected chi connectivity index (χ2v) is 8.59. The first-order valence-corrected chi connectivity index (χ1v) is 10.6. The zero-order valence-electron chi connectivity index (χ0n) is 17.2. The molecule has 5 rings (SSSR count). The number of halogens is 1. The number of phenols is 1. The third kappa shape index (κ3) is 3.82. The molecule has 4 atom stereocenters. The van der Waals surface area contributed by atoms with Gasteiger partial charge in [-0.3, -0.25) is 4.57 Å². The summed E-state index contributed by atoms with van der Waals surface area (Å²) in [6.45, 7) is 0. The molecule has 1 aromatic carbocycles. The molecule has 2 saturated carbocycles. The van der Waals surface area contributed by atoms with Crippen LogP contribution in [-0.4, -0.2) is 32.1 Å². The van der Waals surface area contributed by atoms with Crippen LogP contribution in [0.15, 0.2) is 45.7 Å². The summed E-state index contributed by atoms with van der Waals surface area (Å²) in [5.74, 6) is 0.788. The van der Waals surface area contributed by atoms with E-state index in [2.05, 4.69) is 10.2 Å². The number of hydrogen-bond acceptors (Lipinski definition) is 6. The first-order valence-electron chi connectivity index (χ1n) is 10.6. The molecule has 162 valence electrons. The molecular weight excluding hydrogens is 401 g/mol. The van der Waals surface area contributed by atoms with E-state index in [1.165, 1.54) is 10.6 Å². The molecule has 0 amide bonds. The Kier molecular flexibility index (Phi) is 5.00. The van der Waals surface area contributed by atoms with Crippen LogP contribution in [-0.2, 0) is 7.05 Å². The van der Waals surface area contributed by atoms with Gasteiger partial charge >= 0.3 is 5.76 Å². The van der Waals surface area contributed by atoms with Gasteiger partial charge in [-0.05, 0) is 49.3 Å². The molecule has 7 nitrogen and oxygen atoms in total. The van der Waals surface area contributed by atoms with E-state index >= 15 is 0 Å². The van der Waals surface area contributed by atoms with Gasteiger partial charge in [-0.15, -0.1) is 10.2 Å². The SMILES string of the molecule is Cn1cc(-c2ccc(-c3ccc(O[C@H]4C[C@@H]5CCC[C@@H](C5)[C@H]4F)nn3)c(O)c2)oc1=O. The molecule has 2 aliphatic carbocycles. The fourth-order valence-corrected chi connectivity index (χ4v) is 4.85. The Morgan fingerprint density at radius 1 is 1.19 bits per heavy atom. The van der Waals surface area contributed by atoms with Crippen LogP contribution in [0.4, 0.5) is 4.39 Å². The van der Waals surface area contributed by atoms with Crippen LogP contribution in [0.2, 0.25) is 0 Å². The predicted molar refractivity (Wildman–Crippen MR) is 111 cm³/mol. The van der Waals surface area contributed by atoms with Crippen molar-refractivity contribution in [3.05, 3.63) is 47.1 Å². The first kappa shape index (κ1) is 19.8. The van der Waals surface area contributed by atoms with Crippen molar-refractivity contribution < 1.29 is 18.7 Å². The molecule has 2 aromatic heterocycles. The molecule has 3 aromatic rings. The largest absolute Gasteiger partial charge is 0.507 e. The Labute approximate surface area is 178 Å². The van der Waals surface area contributed by atoms with Gasteiger partial charge in [0.15, 0.2) is 5.76 Å². The Morgan fingerprint density at radius 3 is 2.77 bits per heavy atom. The summed E-state index contributed by atoms with van der Waals surface area (Å²) >= 11 is 0. The fraction of sp³-hybridized carbons (Fsp3) is 0.435. The molecular formula is C23H24FN3O4.